The first kappa shape index (κ1) is 27.0. The number of unbranched alkanes of at least 4 members (excludes halogenated alkanes) is 11. The Morgan fingerprint density at radius 3 is 1.76 bits per heavy atom. The van der Waals surface area contributed by atoms with Crippen LogP contribution in [0.4, 0.5) is 0 Å². The van der Waals surface area contributed by atoms with E-state index < -0.39 is 5.97 Å². The molecule has 4 heteroatoms. The summed E-state index contributed by atoms with van der Waals surface area (Å²) in [5.74, 6) is -0.914. The van der Waals surface area contributed by atoms with Crippen molar-refractivity contribution in [3.63, 3.8) is 0 Å². The molecule has 3 nitrogen and oxygen atoms in total. The summed E-state index contributed by atoms with van der Waals surface area (Å²) >= 11 is 0. The molecule has 1 fully saturated rings. The molecule has 0 radical (unpaired) electrons. The van der Waals surface area contributed by atoms with Gasteiger partial charge in [-0.05, 0) is 44.6 Å². The molecular formula is C21H38O3Zn. The van der Waals surface area contributed by atoms with E-state index in [-0.39, 0.29) is 25.9 Å². The van der Waals surface area contributed by atoms with E-state index >= 15 is 0 Å². The molecule has 25 heavy (non-hydrogen) atoms. The van der Waals surface area contributed by atoms with Crippen molar-refractivity contribution in [2.24, 2.45) is 0 Å². The number of allylic oxidation sites excluding steroid dienone is 2. The number of carbonyl (C=O) groups excluding carboxylic acids is 1. The zero-order valence-corrected chi connectivity index (χ0v) is 19.4. The van der Waals surface area contributed by atoms with Crippen molar-refractivity contribution in [3.8, 4) is 0 Å². The zero-order valence-electron chi connectivity index (χ0n) is 16.5. The quantitative estimate of drug-likeness (QED) is 0.127. The number of epoxide rings is 1. The minimum atomic E-state index is -0.914. The van der Waals surface area contributed by atoms with E-state index in [9.17, 15) is 9.90 Å². The summed E-state index contributed by atoms with van der Waals surface area (Å²) in [6, 6.07) is 0. The van der Waals surface area contributed by atoms with Gasteiger partial charge in [0.25, 0.3) is 0 Å². The molecule has 0 N–H and O–H groups in total. The predicted octanol–water partition coefficient (Wildman–Crippen LogP) is 4.99. The van der Waals surface area contributed by atoms with Crippen molar-refractivity contribution in [1.29, 1.82) is 0 Å². The Hall–Kier alpha value is -0.207. The number of carbonyl (C=O) groups is 1. The summed E-state index contributed by atoms with van der Waals surface area (Å²) in [4.78, 5) is 10.2. The third-order valence-electron chi connectivity index (χ3n) is 4.05. The number of ether oxygens (including phenoxy) is 1. The molecule has 0 aromatic rings. The molecule has 0 aromatic heterocycles. The van der Waals surface area contributed by atoms with Crippen LogP contribution in [-0.2, 0) is 29.0 Å². The average molecular weight is 404 g/mol. The van der Waals surface area contributed by atoms with E-state index in [1.807, 2.05) is 0 Å². The third-order valence-corrected chi connectivity index (χ3v) is 4.05. The van der Waals surface area contributed by atoms with Crippen molar-refractivity contribution in [2.75, 3.05) is 6.61 Å². The summed E-state index contributed by atoms with van der Waals surface area (Å²) in [5.41, 5.74) is 0. The SMILES string of the molecule is CCCCCCCC/C=C\CCCCCCCC(=O)[O-].[CH2-]C1CO1.[Zn+2]. The maximum atomic E-state index is 10.2. The summed E-state index contributed by atoms with van der Waals surface area (Å²) in [6.07, 6.45) is 21.2. The zero-order chi connectivity index (χ0) is 17.9. The molecule has 142 valence electrons. The van der Waals surface area contributed by atoms with Gasteiger partial charge in [-0.3, -0.25) is 0 Å². The summed E-state index contributed by atoms with van der Waals surface area (Å²) in [6.45, 7) is 6.66. The molecule has 1 atom stereocenters. The largest absolute Gasteiger partial charge is 2.00 e. The minimum absolute atomic E-state index is 0. The summed E-state index contributed by atoms with van der Waals surface area (Å²) in [7, 11) is 0. The Morgan fingerprint density at radius 2 is 1.36 bits per heavy atom. The Bertz CT molecular complexity index is 302. The monoisotopic (exact) mass is 402 g/mol. The van der Waals surface area contributed by atoms with Crippen LogP contribution in [0, 0.1) is 6.92 Å². The van der Waals surface area contributed by atoms with Crippen LogP contribution < -0.4 is 5.11 Å². The van der Waals surface area contributed by atoms with Gasteiger partial charge < -0.3 is 21.6 Å². The van der Waals surface area contributed by atoms with Gasteiger partial charge in [-0.15, -0.1) is 0 Å². The molecule has 0 bridgehead atoms. The average Bonchev–Trinajstić information content (AvgIpc) is 3.34. The van der Waals surface area contributed by atoms with Crippen molar-refractivity contribution in [2.45, 2.75) is 103 Å². The molecule has 0 spiro atoms. The van der Waals surface area contributed by atoms with Gasteiger partial charge in [0.05, 0.1) is 0 Å². The number of aliphatic carboxylic acids is 1. The fourth-order valence-corrected chi connectivity index (χ4v) is 2.41. The molecule has 1 heterocycles. The Balaban J connectivity index is 0. The Morgan fingerprint density at radius 1 is 0.960 bits per heavy atom. The maximum Gasteiger partial charge on any atom is 2.00 e. The maximum absolute atomic E-state index is 10.2. The normalized spacial score (nSPS) is 15.4. The number of hydrogen-bond acceptors (Lipinski definition) is 3. The van der Waals surface area contributed by atoms with Crippen LogP contribution in [0.3, 0.4) is 0 Å². The molecule has 0 amide bonds. The number of carboxylic acids is 1. The molecule has 1 saturated heterocycles. The van der Waals surface area contributed by atoms with Gasteiger partial charge in [0.15, 0.2) is 0 Å². The molecule has 1 aliphatic rings. The topological polar surface area (TPSA) is 52.7 Å². The van der Waals surface area contributed by atoms with E-state index in [1.165, 1.54) is 64.2 Å². The van der Waals surface area contributed by atoms with E-state index in [1.54, 1.807) is 0 Å². The van der Waals surface area contributed by atoms with Crippen LogP contribution in [0.1, 0.15) is 96.8 Å². The predicted molar refractivity (Wildman–Crippen MR) is 99.6 cm³/mol. The number of carboxylic acid groups (broad SMARTS) is 1. The van der Waals surface area contributed by atoms with Crippen LogP contribution in [0.25, 0.3) is 0 Å². The van der Waals surface area contributed by atoms with E-state index in [4.69, 9.17) is 0 Å². The second kappa shape index (κ2) is 21.8. The molecule has 0 saturated carbocycles. The first-order chi connectivity index (χ1) is 11.7. The number of rotatable bonds is 15. The molecule has 1 unspecified atom stereocenters. The van der Waals surface area contributed by atoms with Gasteiger partial charge in [-0.2, -0.15) is 0 Å². The van der Waals surface area contributed by atoms with Crippen LogP contribution in [0.2, 0.25) is 0 Å². The van der Waals surface area contributed by atoms with Crippen molar-refractivity contribution in [3.05, 3.63) is 19.1 Å². The van der Waals surface area contributed by atoms with Gasteiger partial charge in [0, 0.05) is 12.6 Å². The molecule has 1 rings (SSSR count). The van der Waals surface area contributed by atoms with Gasteiger partial charge in [-0.1, -0.05) is 70.4 Å². The van der Waals surface area contributed by atoms with Crippen LogP contribution >= 0.6 is 0 Å². The fourth-order valence-electron chi connectivity index (χ4n) is 2.41. The first-order valence-corrected chi connectivity index (χ1v) is 9.96. The van der Waals surface area contributed by atoms with Crippen LogP contribution in [0.5, 0.6) is 0 Å². The number of hydrogen-bond donors (Lipinski definition) is 0. The minimum Gasteiger partial charge on any atom is -0.550 e. The van der Waals surface area contributed by atoms with Crippen molar-refractivity contribution in [1.82, 2.24) is 0 Å². The molecular weight excluding hydrogens is 366 g/mol. The smallest absolute Gasteiger partial charge is 0.550 e. The van der Waals surface area contributed by atoms with Gasteiger partial charge >= 0.3 is 19.5 Å². The molecule has 0 aliphatic carbocycles. The van der Waals surface area contributed by atoms with Gasteiger partial charge in [0.1, 0.15) is 0 Å². The Kier molecular flexibility index (Phi) is 23.6. The van der Waals surface area contributed by atoms with E-state index in [0.29, 0.717) is 6.10 Å². The van der Waals surface area contributed by atoms with E-state index in [0.717, 1.165) is 25.9 Å². The van der Waals surface area contributed by atoms with Crippen molar-refractivity contribution < 1.29 is 34.1 Å². The second-order valence-corrected chi connectivity index (χ2v) is 6.66. The summed E-state index contributed by atoms with van der Waals surface area (Å²) < 4.78 is 4.60. The standard InChI is InChI=1S/C18H34O2.C3H5O.Zn/c1-2-3-4-5-6-7-8-9-10-11-12-13-14-15-16-17-18(19)20;1-3-2-4-3;/h9-10H,2-8,11-17H2,1H3,(H,19,20);3H,1-2H2;/q;-1;+2/p-1/b10-9-;;. The Labute approximate surface area is 168 Å². The fraction of sp³-hybridized carbons (Fsp3) is 0.810. The summed E-state index contributed by atoms with van der Waals surface area (Å²) in [5, 5.41) is 10.2. The molecule has 1 aliphatic heterocycles. The van der Waals surface area contributed by atoms with Crippen LogP contribution in [0.15, 0.2) is 12.2 Å². The van der Waals surface area contributed by atoms with Gasteiger partial charge in [0.2, 0.25) is 0 Å². The third kappa shape index (κ3) is 28.8. The van der Waals surface area contributed by atoms with Crippen LogP contribution in [-0.4, -0.2) is 18.7 Å². The second-order valence-electron chi connectivity index (χ2n) is 6.66. The first-order valence-electron chi connectivity index (χ1n) is 9.96. The van der Waals surface area contributed by atoms with Crippen molar-refractivity contribution >= 4 is 5.97 Å². The molecule has 0 aromatic carbocycles. The van der Waals surface area contributed by atoms with E-state index in [2.05, 4.69) is 30.7 Å². The van der Waals surface area contributed by atoms with Gasteiger partial charge in [-0.25, -0.2) is 0 Å².